The van der Waals surface area contributed by atoms with Crippen molar-refractivity contribution in [3.63, 3.8) is 0 Å². The fourth-order valence-corrected chi connectivity index (χ4v) is 4.85. The number of carbonyl (C=O) groups excluding carboxylic acids is 1. The van der Waals surface area contributed by atoms with Crippen molar-refractivity contribution in [1.29, 1.82) is 0 Å². The summed E-state index contributed by atoms with van der Waals surface area (Å²) in [6, 6.07) is 0. The number of esters is 1. The third-order valence-electron chi connectivity index (χ3n) is 7.05. The summed E-state index contributed by atoms with van der Waals surface area (Å²) in [6.07, 6.45) is -15.5. The van der Waals surface area contributed by atoms with Gasteiger partial charge in [0.2, 0.25) is 6.29 Å². The fraction of sp³-hybridized carbons (Fsp3) is 0.773. The monoisotopic (exact) mass is 536 g/mol. The maximum atomic E-state index is 12.1. The maximum Gasteiger partial charge on any atom is 0.340 e. The summed E-state index contributed by atoms with van der Waals surface area (Å²) in [6.45, 7) is 2.11. The molecule has 0 aromatic rings. The van der Waals surface area contributed by atoms with Crippen LogP contribution in [-0.2, 0) is 33.2 Å². The number of hydrogen-bond acceptors (Lipinski definition) is 15. The lowest BCUT2D eigenvalue weighted by molar-refractivity contribution is -0.376. The van der Waals surface area contributed by atoms with Gasteiger partial charge in [-0.05, 0) is 0 Å². The summed E-state index contributed by atoms with van der Waals surface area (Å²) in [5.74, 6) is -1.80. The van der Waals surface area contributed by atoms with Gasteiger partial charge in [-0.2, -0.15) is 0 Å². The Hall–Kier alpha value is -1.73. The third-order valence-corrected chi connectivity index (χ3v) is 7.05. The first-order chi connectivity index (χ1) is 17.6. The number of rotatable bonds is 7. The summed E-state index contributed by atoms with van der Waals surface area (Å²) in [5, 5.41) is 82.1. The summed E-state index contributed by atoms with van der Waals surface area (Å²) >= 11 is 0. The molecule has 4 aliphatic heterocycles. The molecule has 0 bridgehead atoms. The highest BCUT2D eigenvalue weighted by Gasteiger charge is 2.55. The van der Waals surface area contributed by atoms with Gasteiger partial charge in [-0.3, -0.25) is 0 Å². The molecule has 37 heavy (non-hydrogen) atoms. The average molecular weight is 536 g/mol. The van der Waals surface area contributed by atoms with Crippen LogP contribution in [0.2, 0.25) is 0 Å². The zero-order chi connectivity index (χ0) is 27.1. The quantitative estimate of drug-likeness (QED) is 0.113. The van der Waals surface area contributed by atoms with Gasteiger partial charge in [-0.25, -0.2) is 4.79 Å². The fourth-order valence-electron chi connectivity index (χ4n) is 4.85. The van der Waals surface area contributed by atoms with Crippen molar-refractivity contribution in [2.45, 2.75) is 79.7 Å². The van der Waals surface area contributed by atoms with E-state index < -0.39 is 98.4 Å². The van der Waals surface area contributed by atoms with Crippen LogP contribution < -0.4 is 0 Å². The molecule has 4 aliphatic rings. The van der Waals surface area contributed by atoms with Crippen molar-refractivity contribution in [3.05, 3.63) is 24.5 Å². The second-order valence-corrected chi connectivity index (χ2v) is 9.25. The van der Waals surface area contributed by atoms with Crippen LogP contribution in [0.15, 0.2) is 24.5 Å². The summed E-state index contributed by atoms with van der Waals surface area (Å²) < 4.78 is 32.4. The first-order valence-electron chi connectivity index (χ1n) is 11.7. The molecule has 0 spiro atoms. The zero-order valence-electron chi connectivity index (χ0n) is 19.6. The first-order valence-corrected chi connectivity index (χ1v) is 11.7. The lowest BCUT2D eigenvalue weighted by Gasteiger charge is -2.48. The van der Waals surface area contributed by atoms with E-state index in [1.165, 1.54) is 6.08 Å². The Balaban J connectivity index is 1.53. The molecule has 8 N–H and O–H groups in total. The predicted octanol–water partition coefficient (Wildman–Crippen LogP) is -4.65. The van der Waals surface area contributed by atoms with E-state index in [1.807, 2.05) is 0 Å². The molecule has 13 atom stereocenters. The van der Waals surface area contributed by atoms with Crippen LogP contribution in [0.5, 0.6) is 0 Å². The number of aliphatic hydroxyl groups excluding tert-OH is 7. The molecule has 15 nitrogen and oxygen atoms in total. The summed E-state index contributed by atoms with van der Waals surface area (Å²) in [7, 11) is 0. The van der Waals surface area contributed by atoms with E-state index in [0.717, 1.165) is 6.26 Å². The number of ether oxygens (including phenoxy) is 6. The number of fused-ring (bicyclic) bond motifs is 1. The van der Waals surface area contributed by atoms with Crippen LogP contribution in [0.25, 0.3) is 0 Å². The second kappa shape index (κ2) is 11.2. The largest absolute Gasteiger partial charge is 0.471 e. The average Bonchev–Trinajstić information content (AvgIpc) is 2.87. The topological polar surface area (TPSA) is 234 Å². The third kappa shape index (κ3) is 5.03. The number of aliphatic hydroxyl groups is 8. The molecule has 3 fully saturated rings. The van der Waals surface area contributed by atoms with Crippen molar-refractivity contribution in [2.24, 2.45) is 5.92 Å². The SMILES string of the molecule is C=C[C@H]1[C@H](O[C@H]2O[C@@H](CO)[C@H](O)[C@@H](O[C@H]3O[C@@H](CO)[C@H](O)[C@@H](O)[C@@H]3O)[C@@H]2O)OC=C2C(=O)OCC[C@]21O. The van der Waals surface area contributed by atoms with Crippen molar-refractivity contribution < 1.29 is 74.1 Å². The minimum Gasteiger partial charge on any atom is -0.471 e. The molecule has 0 aromatic carbocycles. The van der Waals surface area contributed by atoms with E-state index in [4.69, 9.17) is 28.4 Å². The molecule has 15 heteroatoms. The van der Waals surface area contributed by atoms with Gasteiger partial charge in [0, 0.05) is 6.42 Å². The van der Waals surface area contributed by atoms with Gasteiger partial charge < -0.3 is 69.3 Å². The zero-order valence-corrected chi connectivity index (χ0v) is 19.6. The number of hydrogen-bond donors (Lipinski definition) is 8. The molecule has 0 aromatic heterocycles. The highest BCUT2D eigenvalue weighted by Crippen LogP contribution is 2.42. The Bertz CT molecular complexity index is 865. The maximum absolute atomic E-state index is 12.1. The van der Waals surface area contributed by atoms with Gasteiger partial charge in [0.1, 0.15) is 60.0 Å². The van der Waals surface area contributed by atoms with E-state index in [0.29, 0.717) is 0 Å². The van der Waals surface area contributed by atoms with Crippen LogP contribution >= 0.6 is 0 Å². The molecule has 4 heterocycles. The van der Waals surface area contributed by atoms with Crippen LogP contribution in [0.3, 0.4) is 0 Å². The van der Waals surface area contributed by atoms with Crippen LogP contribution in [0.1, 0.15) is 6.42 Å². The summed E-state index contributed by atoms with van der Waals surface area (Å²) in [4.78, 5) is 12.1. The molecular weight excluding hydrogens is 504 g/mol. The predicted molar refractivity (Wildman–Crippen MR) is 115 cm³/mol. The van der Waals surface area contributed by atoms with E-state index >= 15 is 0 Å². The molecular formula is C22H32O15. The van der Waals surface area contributed by atoms with Crippen LogP contribution in [0, 0.1) is 5.92 Å². The molecule has 210 valence electrons. The Labute approximate surface area is 210 Å². The highest BCUT2D eigenvalue weighted by molar-refractivity contribution is 5.91. The van der Waals surface area contributed by atoms with Crippen molar-refractivity contribution in [2.75, 3.05) is 19.8 Å². The van der Waals surface area contributed by atoms with E-state index in [1.54, 1.807) is 0 Å². The molecule has 0 radical (unpaired) electrons. The number of cyclic esters (lactones) is 1. The molecule has 0 aliphatic carbocycles. The molecule has 0 unspecified atom stereocenters. The van der Waals surface area contributed by atoms with E-state index in [2.05, 4.69) is 6.58 Å². The van der Waals surface area contributed by atoms with E-state index in [-0.39, 0.29) is 18.6 Å². The van der Waals surface area contributed by atoms with Gasteiger partial charge >= 0.3 is 5.97 Å². The van der Waals surface area contributed by atoms with Crippen LogP contribution in [0.4, 0.5) is 0 Å². The highest BCUT2D eigenvalue weighted by atomic mass is 16.8. The van der Waals surface area contributed by atoms with Crippen molar-refractivity contribution in [3.8, 4) is 0 Å². The van der Waals surface area contributed by atoms with Crippen LogP contribution in [-0.4, -0.2) is 140 Å². The molecule has 4 rings (SSSR count). The van der Waals surface area contributed by atoms with Crippen molar-refractivity contribution in [1.82, 2.24) is 0 Å². The lowest BCUT2D eigenvalue weighted by Crippen LogP contribution is -2.65. The molecule has 0 saturated carbocycles. The minimum absolute atomic E-state index is 0.0133. The smallest absolute Gasteiger partial charge is 0.340 e. The number of carbonyl (C=O) groups is 1. The van der Waals surface area contributed by atoms with Gasteiger partial charge in [0.05, 0.1) is 32.0 Å². The Kier molecular flexibility index (Phi) is 8.54. The lowest BCUT2D eigenvalue weighted by atomic mass is 9.76. The second-order valence-electron chi connectivity index (χ2n) is 9.25. The first kappa shape index (κ1) is 28.3. The Morgan fingerprint density at radius 1 is 0.919 bits per heavy atom. The normalized spacial score (nSPS) is 48.3. The van der Waals surface area contributed by atoms with E-state index in [9.17, 15) is 45.6 Å². The molecule has 0 amide bonds. The molecule has 3 saturated heterocycles. The Morgan fingerprint density at radius 3 is 2.16 bits per heavy atom. The van der Waals surface area contributed by atoms with Gasteiger partial charge in [0.25, 0.3) is 0 Å². The standard InChI is InChI=1S/C22H32O15/c1-2-8-19(33-7-9-18(30)32-4-3-22(8,9)31)37-21-16(29)17(13(26)11(6-24)35-21)36-20-15(28)14(27)12(25)10(5-23)34-20/h2,7-8,10-17,19-21,23-29,31H,1,3-6H2/t8-,10-,11-,12-,13-,14+,15-,16-,17+,19-,20+,21+,22+/m0/s1. The van der Waals surface area contributed by atoms with Gasteiger partial charge in [0.15, 0.2) is 12.6 Å². The summed E-state index contributed by atoms with van der Waals surface area (Å²) in [5.41, 5.74) is -1.89. The minimum atomic E-state index is -1.83. The Morgan fingerprint density at radius 2 is 1.54 bits per heavy atom. The van der Waals surface area contributed by atoms with Gasteiger partial charge in [-0.1, -0.05) is 6.08 Å². The van der Waals surface area contributed by atoms with Gasteiger partial charge in [-0.15, -0.1) is 6.58 Å². The van der Waals surface area contributed by atoms with Crippen molar-refractivity contribution >= 4 is 5.97 Å².